The summed E-state index contributed by atoms with van der Waals surface area (Å²) in [4.78, 5) is 14.5. The molecule has 0 radical (unpaired) electrons. The summed E-state index contributed by atoms with van der Waals surface area (Å²) in [5.41, 5.74) is 0.296. The van der Waals surface area contributed by atoms with E-state index in [4.69, 9.17) is 9.26 Å². The molecule has 8 nitrogen and oxygen atoms in total. The number of piperazine rings is 1. The molecule has 0 bridgehead atoms. The number of hydrogen-bond acceptors (Lipinski definition) is 6. The van der Waals surface area contributed by atoms with Crippen molar-refractivity contribution in [2.45, 2.75) is 30.6 Å². The quantitative estimate of drug-likeness (QED) is 0.731. The maximum absolute atomic E-state index is 12.8. The standard InChI is InChI=1S/C19H23N3O5S/c1-2-26-15-5-7-16(8-6-15)28(24,25)22-11-9-21(10-12-22)19(23)17-13-18(27-20-17)14-3-4-14/h5-8,13-14H,2-4,9-12H2,1H3. The van der Waals surface area contributed by atoms with Crippen molar-refractivity contribution in [1.29, 1.82) is 0 Å². The molecule has 1 amide bonds. The van der Waals surface area contributed by atoms with Gasteiger partial charge in [-0.1, -0.05) is 5.16 Å². The van der Waals surface area contributed by atoms with Gasteiger partial charge in [0.25, 0.3) is 5.91 Å². The number of hydrogen-bond donors (Lipinski definition) is 0. The molecule has 1 saturated carbocycles. The summed E-state index contributed by atoms with van der Waals surface area (Å²) in [5.74, 6) is 1.58. The molecule has 1 aromatic carbocycles. The van der Waals surface area contributed by atoms with Gasteiger partial charge >= 0.3 is 0 Å². The number of benzene rings is 1. The van der Waals surface area contributed by atoms with Crippen molar-refractivity contribution in [3.63, 3.8) is 0 Å². The van der Waals surface area contributed by atoms with Gasteiger partial charge in [0.2, 0.25) is 10.0 Å². The minimum atomic E-state index is -3.60. The number of carbonyl (C=O) groups excluding carboxylic acids is 1. The fourth-order valence-electron chi connectivity index (χ4n) is 3.27. The van der Waals surface area contributed by atoms with Gasteiger partial charge in [-0.05, 0) is 44.0 Å². The Morgan fingerprint density at radius 2 is 1.86 bits per heavy atom. The van der Waals surface area contributed by atoms with Crippen LogP contribution in [0.1, 0.15) is 41.9 Å². The summed E-state index contributed by atoms with van der Waals surface area (Å²) in [6, 6.07) is 8.11. The van der Waals surface area contributed by atoms with Crippen LogP contribution in [-0.2, 0) is 10.0 Å². The van der Waals surface area contributed by atoms with Crippen LogP contribution >= 0.6 is 0 Å². The highest BCUT2D eigenvalue weighted by Crippen LogP contribution is 2.40. The van der Waals surface area contributed by atoms with E-state index in [1.165, 1.54) is 4.31 Å². The van der Waals surface area contributed by atoms with Crippen molar-refractivity contribution in [1.82, 2.24) is 14.4 Å². The molecule has 0 N–H and O–H groups in total. The summed E-state index contributed by atoms with van der Waals surface area (Å²) < 4.78 is 37.7. The third-order valence-corrected chi connectivity index (χ3v) is 6.94. The predicted octanol–water partition coefficient (Wildman–Crippen LogP) is 2.10. The summed E-state index contributed by atoms with van der Waals surface area (Å²) >= 11 is 0. The van der Waals surface area contributed by atoms with Crippen molar-refractivity contribution < 1.29 is 22.5 Å². The number of nitrogens with zero attached hydrogens (tertiary/aromatic N) is 3. The second kappa shape index (κ2) is 7.56. The molecule has 1 aromatic heterocycles. The van der Waals surface area contributed by atoms with Gasteiger partial charge in [0.15, 0.2) is 5.69 Å². The molecule has 2 aliphatic rings. The van der Waals surface area contributed by atoms with Gasteiger partial charge in [-0.3, -0.25) is 4.79 Å². The lowest BCUT2D eigenvalue weighted by atomic mass is 10.2. The topological polar surface area (TPSA) is 93.0 Å². The zero-order valence-corrected chi connectivity index (χ0v) is 16.5. The van der Waals surface area contributed by atoms with Crippen LogP contribution in [0.2, 0.25) is 0 Å². The first-order chi connectivity index (χ1) is 13.5. The van der Waals surface area contributed by atoms with Gasteiger partial charge in [0.1, 0.15) is 11.5 Å². The monoisotopic (exact) mass is 405 g/mol. The van der Waals surface area contributed by atoms with E-state index >= 15 is 0 Å². The molecular weight excluding hydrogens is 382 g/mol. The highest BCUT2D eigenvalue weighted by atomic mass is 32.2. The minimum absolute atomic E-state index is 0.214. The second-order valence-electron chi connectivity index (χ2n) is 6.99. The van der Waals surface area contributed by atoms with Crippen LogP contribution in [0.5, 0.6) is 5.75 Å². The van der Waals surface area contributed by atoms with Gasteiger partial charge in [-0.15, -0.1) is 0 Å². The van der Waals surface area contributed by atoms with Crippen molar-refractivity contribution in [2.75, 3.05) is 32.8 Å². The van der Waals surface area contributed by atoms with Crippen molar-refractivity contribution in [3.8, 4) is 5.75 Å². The molecule has 1 aliphatic heterocycles. The van der Waals surface area contributed by atoms with Gasteiger partial charge in [0, 0.05) is 38.2 Å². The minimum Gasteiger partial charge on any atom is -0.494 e. The largest absolute Gasteiger partial charge is 0.494 e. The summed E-state index contributed by atoms with van der Waals surface area (Å²) in [6.45, 7) is 3.53. The summed E-state index contributed by atoms with van der Waals surface area (Å²) in [5, 5.41) is 3.88. The van der Waals surface area contributed by atoms with E-state index in [1.54, 1.807) is 35.2 Å². The zero-order chi connectivity index (χ0) is 19.7. The molecule has 150 valence electrons. The fraction of sp³-hybridized carbons (Fsp3) is 0.474. The molecule has 1 saturated heterocycles. The highest BCUT2D eigenvalue weighted by molar-refractivity contribution is 7.89. The van der Waals surface area contributed by atoms with Gasteiger partial charge in [-0.25, -0.2) is 8.42 Å². The van der Waals surface area contributed by atoms with Crippen molar-refractivity contribution >= 4 is 15.9 Å². The predicted molar refractivity (Wildman–Crippen MR) is 101 cm³/mol. The summed E-state index contributed by atoms with van der Waals surface area (Å²) in [7, 11) is -3.60. The van der Waals surface area contributed by atoms with E-state index in [0.717, 1.165) is 18.6 Å². The molecular formula is C19H23N3O5S. The molecule has 4 rings (SSSR count). The Hall–Kier alpha value is -2.39. The van der Waals surface area contributed by atoms with Crippen LogP contribution in [0.3, 0.4) is 0 Å². The number of carbonyl (C=O) groups is 1. The Kier molecular flexibility index (Phi) is 5.11. The maximum Gasteiger partial charge on any atom is 0.276 e. The van der Waals surface area contributed by atoms with Gasteiger partial charge in [0.05, 0.1) is 11.5 Å². The first kappa shape index (κ1) is 18.9. The zero-order valence-electron chi connectivity index (χ0n) is 15.7. The Morgan fingerprint density at radius 1 is 1.18 bits per heavy atom. The summed E-state index contributed by atoms with van der Waals surface area (Å²) in [6.07, 6.45) is 2.15. The van der Waals surface area contributed by atoms with Crippen molar-refractivity contribution in [3.05, 3.63) is 41.8 Å². The normalized spacial score (nSPS) is 18.2. The molecule has 2 heterocycles. The number of rotatable bonds is 6. The molecule has 1 aliphatic carbocycles. The number of amides is 1. The molecule has 28 heavy (non-hydrogen) atoms. The van der Waals surface area contributed by atoms with Crippen LogP contribution < -0.4 is 4.74 Å². The highest BCUT2D eigenvalue weighted by Gasteiger charge is 2.33. The van der Waals surface area contributed by atoms with Crippen molar-refractivity contribution in [2.24, 2.45) is 0 Å². The Labute approximate surface area is 164 Å². The first-order valence-corrected chi connectivity index (χ1v) is 10.9. The van der Waals surface area contributed by atoms with Gasteiger partial charge < -0.3 is 14.2 Å². The molecule has 9 heteroatoms. The number of aromatic nitrogens is 1. The first-order valence-electron chi connectivity index (χ1n) is 9.48. The van der Waals surface area contributed by atoms with E-state index in [9.17, 15) is 13.2 Å². The average molecular weight is 405 g/mol. The van der Waals surface area contributed by atoms with Crippen LogP contribution in [0.25, 0.3) is 0 Å². The van der Waals surface area contributed by atoms with Crippen LogP contribution in [-0.4, -0.2) is 61.5 Å². The Morgan fingerprint density at radius 3 is 2.46 bits per heavy atom. The fourth-order valence-corrected chi connectivity index (χ4v) is 4.69. The van der Waals surface area contributed by atoms with Crippen LogP contribution in [0.4, 0.5) is 0 Å². The van der Waals surface area contributed by atoms with E-state index in [-0.39, 0.29) is 23.9 Å². The lowest BCUT2D eigenvalue weighted by molar-refractivity contribution is 0.0687. The molecule has 0 atom stereocenters. The van der Waals surface area contributed by atoms with Gasteiger partial charge in [-0.2, -0.15) is 4.31 Å². The van der Waals surface area contributed by atoms with Crippen LogP contribution in [0, 0.1) is 0 Å². The molecule has 2 fully saturated rings. The lowest BCUT2D eigenvalue weighted by Crippen LogP contribution is -2.50. The third-order valence-electron chi connectivity index (χ3n) is 5.03. The van der Waals surface area contributed by atoms with E-state index in [1.807, 2.05) is 6.92 Å². The van der Waals surface area contributed by atoms with E-state index in [0.29, 0.717) is 37.1 Å². The van der Waals surface area contributed by atoms with Crippen LogP contribution in [0.15, 0.2) is 39.8 Å². The Bertz CT molecular complexity index is 942. The molecule has 0 spiro atoms. The van der Waals surface area contributed by atoms with E-state index in [2.05, 4.69) is 5.16 Å². The SMILES string of the molecule is CCOc1ccc(S(=O)(=O)N2CCN(C(=O)c3cc(C4CC4)on3)CC2)cc1. The number of ether oxygens (including phenoxy) is 1. The Balaban J connectivity index is 1.39. The smallest absolute Gasteiger partial charge is 0.276 e. The van der Waals surface area contributed by atoms with E-state index < -0.39 is 10.0 Å². The third kappa shape index (κ3) is 3.77. The molecule has 0 unspecified atom stereocenters. The lowest BCUT2D eigenvalue weighted by Gasteiger charge is -2.33. The number of sulfonamides is 1. The average Bonchev–Trinajstić information content (AvgIpc) is 3.45. The maximum atomic E-state index is 12.8. The second-order valence-corrected chi connectivity index (χ2v) is 8.93. The molecule has 2 aromatic rings.